The summed E-state index contributed by atoms with van der Waals surface area (Å²) in [7, 11) is 1.72. The minimum atomic E-state index is -0.926. The zero-order valence-corrected chi connectivity index (χ0v) is 8.75. The van der Waals surface area contributed by atoms with Crippen LogP contribution in [0.5, 0.6) is 0 Å². The molecule has 1 rings (SSSR count). The second-order valence-corrected chi connectivity index (χ2v) is 3.24. The molecule has 0 aromatic carbocycles. The van der Waals surface area contributed by atoms with Gasteiger partial charge in [-0.1, -0.05) is 18.5 Å². The number of hydrogen-bond acceptors (Lipinski definition) is 2. The van der Waals surface area contributed by atoms with E-state index in [0.29, 0.717) is 22.7 Å². The average molecular weight is 215 g/mol. The second kappa shape index (κ2) is 4.28. The van der Waals surface area contributed by atoms with Gasteiger partial charge in [-0.25, -0.2) is 4.79 Å². The molecule has 76 valence electrons. The topological polar surface area (TPSA) is 55.1 Å². The molecule has 4 nitrogen and oxygen atoms in total. The zero-order valence-electron chi connectivity index (χ0n) is 7.99. The lowest BCUT2D eigenvalue weighted by molar-refractivity contribution is -0.132. The first kappa shape index (κ1) is 10.8. The Balaban J connectivity index is 3.12. The van der Waals surface area contributed by atoms with Crippen LogP contribution in [0.15, 0.2) is 11.8 Å². The highest BCUT2D eigenvalue weighted by Crippen LogP contribution is 2.18. The number of rotatable bonds is 3. The quantitative estimate of drug-likeness (QED) is 0.783. The highest BCUT2D eigenvalue weighted by atomic mass is 35.5. The molecule has 1 aromatic heterocycles. The summed E-state index contributed by atoms with van der Waals surface area (Å²) in [5.41, 5.74) is 0.932. The predicted octanol–water partition coefficient (Wildman–Crippen LogP) is 1.95. The lowest BCUT2D eigenvalue weighted by Crippen LogP contribution is -2.01. The molecular formula is C9H11ClN2O2. The van der Waals surface area contributed by atoms with E-state index in [-0.39, 0.29) is 0 Å². The van der Waals surface area contributed by atoms with Gasteiger partial charge < -0.3 is 5.11 Å². The first-order chi connectivity index (χ1) is 6.56. The van der Waals surface area contributed by atoms with Crippen LogP contribution >= 0.6 is 11.6 Å². The summed E-state index contributed by atoms with van der Waals surface area (Å²) >= 11 is 5.83. The Morgan fingerprint density at radius 3 is 2.79 bits per heavy atom. The molecule has 0 unspecified atom stereocenters. The van der Waals surface area contributed by atoms with Crippen LogP contribution < -0.4 is 0 Å². The predicted molar refractivity (Wildman–Crippen MR) is 54.1 cm³/mol. The van der Waals surface area contributed by atoms with Crippen molar-refractivity contribution in [3.05, 3.63) is 22.5 Å². The fourth-order valence-corrected chi connectivity index (χ4v) is 1.28. The Bertz CT molecular complexity index is 363. The van der Waals surface area contributed by atoms with E-state index in [2.05, 4.69) is 5.10 Å². The molecule has 0 spiro atoms. The monoisotopic (exact) mass is 214 g/mol. The first-order valence-electron chi connectivity index (χ1n) is 4.17. The normalized spacial score (nSPS) is 11.8. The van der Waals surface area contributed by atoms with Gasteiger partial charge in [-0.05, 0) is 12.5 Å². The molecule has 1 aromatic rings. The average Bonchev–Trinajstić information content (AvgIpc) is 2.43. The van der Waals surface area contributed by atoms with Crippen molar-refractivity contribution in [2.75, 3.05) is 0 Å². The van der Waals surface area contributed by atoms with Gasteiger partial charge in [-0.2, -0.15) is 5.10 Å². The van der Waals surface area contributed by atoms with Gasteiger partial charge in [0.2, 0.25) is 0 Å². The molecule has 0 amide bonds. The van der Waals surface area contributed by atoms with E-state index < -0.39 is 5.97 Å². The van der Waals surface area contributed by atoms with Crippen molar-refractivity contribution in [2.24, 2.45) is 7.05 Å². The summed E-state index contributed by atoms with van der Waals surface area (Å²) in [5.74, 6) is -0.926. The third kappa shape index (κ3) is 2.14. The van der Waals surface area contributed by atoms with Gasteiger partial charge in [0.25, 0.3) is 0 Å². The van der Waals surface area contributed by atoms with Gasteiger partial charge in [0.15, 0.2) is 0 Å². The molecule has 5 heteroatoms. The Morgan fingerprint density at radius 1 is 1.79 bits per heavy atom. The Kier molecular flexibility index (Phi) is 3.30. The zero-order chi connectivity index (χ0) is 10.7. The maximum absolute atomic E-state index is 10.7. The molecule has 1 heterocycles. The summed E-state index contributed by atoms with van der Waals surface area (Å²) in [6.07, 6.45) is 3.48. The largest absolute Gasteiger partial charge is 0.478 e. The standard InChI is InChI=1S/C9H11ClN2O2/c1-3-6(9(13)14)4-8-7(10)5-11-12(8)2/h4-5H,3H2,1-2H3,(H,13,14)/b6-4+. The smallest absolute Gasteiger partial charge is 0.331 e. The van der Waals surface area contributed by atoms with Gasteiger partial charge in [0, 0.05) is 12.6 Å². The fraction of sp³-hybridized carbons (Fsp3) is 0.333. The Hall–Kier alpha value is -1.29. The number of halogens is 1. The highest BCUT2D eigenvalue weighted by molar-refractivity contribution is 6.31. The van der Waals surface area contributed by atoms with E-state index in [1.165, 1.54) is 12.3 Å². The maximum atomic E-state index is 10.7. The summed E-state index contributed by atoms with van der Waals surface area (Å²) in [4.78, 5) is 10.7. The fourth-order valence-electron chi connectivity index (χ4n) is 1.06. The van der Waals surface area contributed by atoms with Crippen LogP contribution in [0.25, 0.3) is 6.08 Å². The van der Waals surface area contributed by atoms with E-state index >= 15 is 0 Å². The number of aromatic nitrogens is 2. The van der Waals surface area contributed by atoms with Crippen LogP contribution in [-0.4, -0.2) is 20.9 Å². The molecule has 0 aliphatic heterocycles. The van der Waals surface area contributed by atoms with E-state index in [0.717, 1.165) is 0 Å². The Labute approximate surface area is 86.8 Å². The molecule has 0 aliphatic rings. The van der Waals surface area contributed by atoms with Crippen molar-refractivity contribution >= 4 is 23.6 Å². The molecule has 0 saturated carbocycles. The van der Waals surface area contributed by atoms with E-state index in [1.807, 2.05) is 0 Å². The minimum absolute atomic E-state index is 0.315. The number of carboxylic acids is 1. The molecule has 0 aliphatic carbocycles. The molecule has 0 atom stereocenters. The van der Waals surface area contributed by atoms with Gasteiger partial charge in [-0.15, -0.1) is 0 Å². The lowest BCUT2D eigenvalue weighted by atomic mass is 10.2. The van der Waals surface area contributed by atoms with Crippen LogP contribution in [0, 0.1) is 0 Å². The number of carbonyl (C=O) groups is 1. The molecule has 0 saturated heterocycles. The van der Waals surface area contributed by atoms with Crippen molar-refractivity contribution < 1.29 is 9.90 Å². The van der Waals surface area contributed by atoms with Crippen molar-refractivity contribution in [3.63, 3.8) is 0 Å². The lowest BCUT2D eigenvalue weighted by Gasteiger charge is -1.99. The number of aliphatic carboxylic acids is 1. The van der Waals surface area contributed by atoms with Crippen molar-refractivity contribution in [2.45, 2.75) is 13.3 Å². The van der Waals surface area contributed by atoms with Crippen molar-refractivity contribution in [1.29, 1.82) is 0 Å². The second-order valence-electron chi connectivity index (χ2n) is 2.83. The van der Waals surface area contributed by atoms with Crippen molar-refractivity contribution in [1.82, 2.24) is 9.78 Å². The maximum Gasteiger partial charge on any atom is 0.331 e. The van der Waals surface area contributed by atoms with Crippen LogP contribution in [0.4, 0.5) is 0 Å². The number of carboxylic acid groups (broad SMARTS) is 1. The van der Waals surface area contributed by atoms with Crippen LogP contribution in [0.1, 0.15) is 19.0 Å². The third-order valence-corrected chi connectivity index (χ3v) is 2.20. The van der Waals surface area contributed by atoms with Crippen LogP contribution in [-0.2, 0) is 11.8 Å². The molecule has 0 radical (unpaired) electrons. The van der Waals surface area contributed by atoms with E-state index in [4.69, 9.17) is 16.7 Å². The van der Waals surface area contributed by atoms with Gasteiger partial charge >= 0.3 is 5.97 Å². The summed E-state index contributed by atoms with van der Waals surface area (Å²) in [6, 6.07) is 0. The van der Waals surface area contributed by atoms with Crippen LogP contribution in [0.3, 0.4) is 0 Å². The molecule has 0 bridgehead atoms. The van der Waals surface area contributed by atoms with E-state index in [1.54, 1.807) is 18.7 Å². The molecule has 1 N–H and O–H groups in total. The number of aryl methyl sites for hydroxylation is 1. The van der Waals surface area contributed by atoms with Gasteiger partial charge in [-0.3, -0.25) is 4.68 Å². The SMILES string of the molecule is CC/C(=C\c1c(Cl)cnn1C)C(=O)O. The molecular weight excluding hydrogens is 204 g/mol. The van der Waals surface area contributed by atoms with Crippen molar-refractivity contribution in [3.8, 4) is 0 Å². The third-order valence-electron chi connectivity index (χ3n) is 1.90. The molecule has 14 heavy (non-hydrogen) atoms. The van der Waals surface area contributed by atoms with Gasteiger partial charge in [0.05, 0.1) is 16.9 Å². The van der Waals surface area contributed by atoms with Crippen LogP contribution in [0.2, 0.25) is 5.02 Å². The summed E-state index contributed by atoms with van der Waals surface area (Å²) < 4.78 is 1.54. The summed E-state index contributed by atoms with van der Waals surface area (Å²) in [6.45, 7) is 1.78. The van der Waals surface area contributed by atoms with Gasteiger partial charge in [0.1, 0.15) is 0 Å². The van der Waals surface area contributed by atoms with E-state index in [9.17, 15) is 4.79 Å². The molecule has 0 fully saturated rings. The number of hydrogen-bond donors (Lipinski definition) is 1. The summed E-state index contributed by atoms with van der Waals surface area (Å²) in [5, 5.41) is 13.2. The minimum Gasteiger partial charge on any atom is -0.478 e. The first-order valence-corrected chi connectivity index (χ1v) is 4.55. The number of nitrogens with zero attached hydrogens (tertiary/aromatic N) is 2. The highest BCUT2D eigenvalue weighted by Gasteiger charge is 2.08. The Morgan fingerprint density at radius 2 is 2.43 bits per heavy atom.